The zero-order chi connectivity index (χ0) is 25.8. The average molecular weight is 517 g/mol. The van der Waals surface area contributed by atoms with E-state index in [0.29, 0.717) is 43.8 Å². The molecule has 1 aliphatic rings. The van der Waals surface area contributed by atoms with E-state index in [4.69, 9.17) is 4.74 Å². The van der Waals surface area contributed by atoms with E-state index < -0.39 is 10.0 Å². The maximum atomic E-state index is 13.1. The van der Waals surface area contributed by atoms with Crippen LogP contribution in [0.5, 0.6) is 5.75 Å². The summed E-state index contributed by atoms with van der Waals surface area (Å²) in [5.41, 5.74) is 2.86. The lowest BCUT2D eigenvalue weighted by atomic mass is 10.1. The van der Waals surface area contributed by atoms with Gasteiger partial charge in [-0.15, -0.1) is 0 Å². The Morgan fingerprint density at radius 1 is 0.919 bits per heavy atom. The van der Waals surface area contributed by atoms with Crippen molar-refractivity contribution in [3.8, 4) is 5.75 Å². The summed E-state index contributed by atoms with van der Waals surface area (Å²) in [4.78, 5) is 21.2. The van der Waals surface area contributed by atoms with Crippen LogP contribution >= 0.6 is 0 Å². The third kappa shape index (κ3) is 5.51. The van der Waals surface area contributed by atoms with Crippen molar-refractivity contribution in [3.05, 3.63) is 90.6 Å². The minimum atomic E-state index is -3.80. The van der Waals surface area contributed by atoms with E-state index in [1.807, 2.05) is 53.4 Å². The first kappa shape index (κ1) is 24.6. The molecule has 1 fully saturated rings. The van der Waals surface area contributed by atoms with Gasteiger partial charge in [-0.2, -0.15) is 0 Å². The Balaban J connectivity index is 1.19. The molecular weight excluding hydrogens is 488 g/mol. The van der Waals surface area contributed by atoms with Crippen molar-refractivity contribution in [2.75, 3.05) is 42.9 Å². The molecule has 3 aromatic carbocycles. The third-order valence-electron chi connectivity index (χ3n) is 6.52. The lowest BCUT2D eigenvalue weighted by Gasteiger charge is -2.36. The Morgan fingerprint density at radius 3 is 2.32 bits per heavy atom. The van der Waals surface area contributed by atoms with Crippen LogP contribution < -0.4 is 14.4 Å². The number of carbonyl (C=O) groups is 1. The van der Waals surface area contributed by atoms with Crippen LogP contribution in [0.3, 0.4) is 0 Å². The van der Waals surface area contributed by atoms with Gasteiger partial charge in [0.25, 0.3) is 10.0 Å². The van der Waals surface area contributed by atoms with Gasteiger partial charge in [0.2, 0.25) is 5.91 Å². The van der Waals surface area contributed by atoms with E-state index in [1.54, 1.807) is 43.6 Å². The number of sulfonamides is 1. The number of benzene rings is 3. The Labute approximate surface area is 216 Å². The standard InChI is InChI=1S/C28H28N4O4S/c1-36-25-13-7-21(8-14-25)20-27(33)32-18-16-31(17-19-32)24-11-9-23(10-12-24)30-37(34,35)26-6-2-4-22-5-3-15-29-28(22)26/h2-15,30H,16-20H2,1H3. The minimum Gasteiger partial charge on any atom is -0.497 e. The summed E-state index contributed by atoms with van der Waals surface area (Å²) in [5, 5.41) is 0.766. The van der Waals surface area contributed by atoms with Crippen LogP contribution in [0.15, 0.2) is 90.0 Å². The molecule has 4 aromatic rings. The molecule has 37 heavy (non-hydrogen) atoms. The number of para-hydroxylation sites is 1. The number of carbonyl (C=O) groups excluding carboxylic acids is 1. The number of fused-ring (bicyclic) bond motifs is 1. The van der Waals surface area contributed by atoms with E-state index in [-0.39, 0.29) is 10.8 Å². The monoisotopic (exact) mass is 516 g/mol. The van der Waals surface area contributed by atoms with Crippen molar-refractivity contribution in [1.29, 1.82) is 0 Å². The second-order valence-corrected chi connectivity index (χ2v) is 10.5. The fourth-order valence-corrected chi connectivity index (χ4v) is 5.73. The number of nitrogens with one attached hydrogen (secondary N) is 1. The maximum Gasteiger partial charge on any atom is 0.264 e. The smallest absolute Gasteiger partial charge is 0.264 e. The molecule has 9 heteroatoms. The third-order valence-corrected chi connectivity index (χ3v) is 7.93. The van der Waals surface area contributed by atoms with Gasteiger partial charge < -0.3 is 14.5 Å². The molecule has 0 unspecified atom stereocenters. The molecule has 1 saturated heterocycles. The highest BCUT2D eigenvalue weighted by atomic mass is 32.2. The minimum absolute atomic E-state index is 0.109. The molecule has 5 rings (SSSR count). The largest absolute Gasteiger partial charge is 0.497 e. The number of ether oxygens (including phenoxy) is 1. The average Bonchev–Trinajstić information content (AvgIpc) is 2.93. The van der Waals surface area contributed by atoms with Crippen molar-refractivity contribution < 1.29 is 17.9 Å². The lowest BCUT2D eigenvalue weighted by Crippen LogP contribution is -2.49. The van der Waals surface area contributed by atoms with E-state index >= 15 is 0 Å². The SMILES string of the molecule is COc1ccc(CC(=O)N2CCN(c3ccc(NS(=O)(=O)c4cccc5cccnc45)cc3)CC2)cc1. The summed E-state index contributed by atoms with van der Waals surface area (Å²) >= 11 is 0. The zero-order valence-electron chi connectivity index (χ0n) is 20.5. The summed E-state index contributed by atoms with van der Waals surface area (Å²) in [7, 11) is -2.18. The summed E-state index contributed by atoms with van der Waals surface area (Å²) < 4.78 is 34.0. The molecule has 8 nitrogen and oxygen atoms in total. The van der Waals surface area contributed by atoms with Gasteiger partial charge in [-0.1, -0.05) is 30.3 Å². The van der Waals surface area contributed by atoms with E-state index in [9.17, 15) is 13.2 Å². The molecule has 0 spiro atoms. The van der Waals surface area contributed by atoms with Crippen LogP contribution in [-0.4, -0.2) is 57.5 Å². The number of amides is 1. The molecule has 0 atom stereocenters. The van der Waals surface area contributed by atoms with Crippen molar-refractivity contribution in [3.63, 3.8) is 0 Å². The normalized spacial score (nSPS) is 14.0. The van der Waals surface area contributed by atoms with Gasteiger partial charge in [-0.25, -0.2) is 8.42 Å². The van der Waals surface area contributed by atoms with E-state index in [1.165, 1.54) is 0 Å². The molecule has 190 valence electrons. The molecule has 0 radical (unpaired) electrons. The maximum absolute atomic E-state index is 13.1. The van der Waals surface area contributed by atoms with E-state index in [2.05, 4.69) is 14.6 Å². The van der Waals surface area contributed by atoms with Crippen LogP contribution in [-0.2, 0) is 21.2 Å². The molecule has 0 bridgehead atoms. The number of methoxy groups -OCH3 is 1. The van der Waals surface area contributed by atoms with Crippen LogP contribution in [0.1, 0.15) is 5.56 Å². The number of pyridine rings is 1. The first-order valence-corrected chi connectivity index (χ1v) is 13.5. The molecular formula is C28H28N4O4S. The van der Waals surface area contributed by atoms with Crippen molar-refractivity contribution in [2.45, 2.75) is 11.3 Å². The topological polar surface area (TPSA) is 91.8 Å². The van der Waals surface area contributed by atoms with Crippen LogP contribution in [0.25, 0.3) is 10.9 Å². The van der Waals surface area contributed by atoms with Gasteiger partial charge in [0, 0.05) is 49.1 Å². The molecule has 0 saturated carbocycles. The fourth-order valence-electron chi connectivity index (χ4n) is 4.49. The predicted molar refractivity (Wildman–Crippen MR) is 144 cm³/mol. The van der Waals surface area contributed by atoms with Gasteiger partial charge in [0.1, 0.15) is 10.6 Å². The number of hydrogen-bond donors (Lipinski definition) is 1. The van der Waals surface area contributed by atoms with Gasteiger partial charge in [-0.3, -0.25) is 14.5 Å². The highest BCUT2D eigenvalue weighted by molar-refractivity contribution is 7.93. The number of aromatic nitrogens is 1. The second kappa shape index (κ2) is 10.5. The number of rotatable bonds is 7. The van der Waals surface area contributed by atoms with Crippen molar-refractivity contribution >= 4 is 38.2 Å². The van der Waals surface area contributed by atoms with Gasteiger partial charge in [-0.05, 0) is 54.1 Å². The molecule has 2 heterocycles. The first-order chi connectivity index (χ1) is 17.9. The number of anilines is 2. The second-order valence-electron chi connectivity index (χ2n) is 8.88. The Bertz CT molecular complexity index is 1490. The van der Waals surface area contributed by atoms with Crippen LogP contribution in [0.2, 0.25) is 0 Å². The molecule has 1 aromatic heterocycles. The Hall–Kier alpha value is -4.11. The van der Waals surface area contributed by atoms with Gasteiger partial charge in [0.15, 0.2) is 0 Å². The van der Waals surface area contributed by atoms with Crippen LogP contribution in [0, 0.1) is 0 Å². The fraction of sp³-hybridized carbons (Fsp3) is 0.214. The summed E-state index contributed by atoms with van der Waals surface area (Å²) in [6, 6.07) is 23.6. The predicted octanol–water partition coefficient (Wildman–Crippen LogP) is 3.94. The van der Waals surface area contributed by atoms with Crippen molar-refractivity contribution in [2.24, 2.45) is 0 Å². The van der Waals surface area contributed by atoms with E-state index in [0.717, 1.165) is 22.4 Å². The Kier molecular flexibility index (Phi) is 6.96. The number of nitrogens with zero attached hydrogens (tertiary/aromatic N) is 3. The summed E-state index contributed by atoms with van der Waals surface area (Å²) in [5.74, 6) is 0.881. The summed E-state index contributed by atoms with van der Waals surface area (Å²) in [6.45, 7) is 2.69. The molecule has 1 amide bonds. The highest BCUT2D eigenvalue weighted by Gasteiger charge is 2.22. The first-order valence-electron chi connectivity index (χ1n) is 12.1. The van der Waals surface area contributed by atoms with Crippen LogP contribution in [0.4, 0.5) is 11.4 Å². The zero-order valence-corrected chi connectivity index (χ0v) is 21.3. The summed E-state index contributed by atoms with van der Waals surface area (Å²) in [6.07, 6.45) is 1.95. The Morgan fingerprint density at radius 2 is 1.62 bits per heavy atom. The quantitative estimate of drug-likeness (QED) is 0.400. The molecule has 0 aliphatic carbocycles. The number of hydrogen-bond acceptors (Lipinski definition) is 6. The number of piperazine rings is 1. The van der Waals surface area contributed by atoms with Gasteiger partial charge >= 0.3 is 0 Å². The molecule has 1 aliphatic heterocycles. The molecule has 1 N–H and O–H groups in total. The van der Waals surface area contributed by atoms with Gasteiger partial charge in [0.05, 0.1) is 19.0 Å². The highest BCUT2D eigenvalue weighted by Crippen LogP contribution is 2.25. The lowest BCUT2D eigenvalue weighted by molar-refractivity contribution is -0.130. The van der Waals surface area contributed by atoms with Crippen molar-refractivity contribution in [1.82, 2.24) is 9.88 Å².